The van der Waals surface area contributed by atoms with E-state index >= 15 is 0 Å². The highest BCUT2D eigenvalue weighted by molar-refractivity contribution is 7.92. The summed E-state index contributed by atoms with van der Waals surface area (Å²) in [7, 11) is -7.27. The van der Waals surface area contributed by atoms with Crippen molar-refractivity contribution in [2.75, 3.05) is 28.9 Å². The van der Waals surface area contributed by atoms with Crippen molar-refractivity contribution in [3.63, 3.8) is 0 Å². The highest BCUT2D eigenvalue weighted by Crippen LogP contribution is 2.24. The molecule has 1 aliphatic heterocycles. The number of piperidine rings is 1. The molecule has 3 aromatic rings. The lowest BCUT2D eigenvalue weighted by Gasteiger charge is -2.31. The Morgan fingerprint density at radius 1 is 0.949 bits per heavy atom. The van der Waals surface area contributed by atoms with Gasteiger partial charge in [0.15, 0.2) is 0 Å². The van der Waals surface area contributed by atoms with Gasteiger partial charge < -0.3 is 5.32 Å². The quantitative estimate of drug-likeness (QED) is 0.367. The molecule has 4 rings (SSSR count). The molecule has 0 saturated carbocycles. The second kappa shape index (κ2) is 12.3. The predicted octanol–water partition coefficient (Wildman–Crippen LogP) is 4.72. The molecule has 0 radical (unpaired) electrons. The largest absolute Gasteiger partial charge is 0.326 e. The van der Waals surface area contributed by atoms with Crippen molar-refractivity contribution in [2.45, 2.75) is 44.4 Å². The summed E-state index contributed by atoms with van der Waals surface area (Å²) in [5, 5.41) is 2.82. The van der Waals surface area contributed by atoms with Gasteiger partial charge in [0.05, 0.1) is 22.3 Å². The molecular weight excluding hydrogens is 534 g/mol. The number of amides is 1. The number of carbonyl (C=O) groups is 1. The Morgan fingerprint density at radius 2 is 1.67 bits per heavy atom. The zero-order valence-corrected chi connectivity index (χ0v) is 23.9. The highest BCUT2D eigenvalue weighted by Gasteiger charge is 2.32. The SMILES string of the molecule is Cc1ccc(NS(=O)(=O)c2ccc(NC(=O)[C@@H]3CCCN(S(=O)(=O)CCCc4ccccc4)C3)cc2)c(C)c1. The van der Waals surface area contributed by atoms with Crippen LogP contribution >= 0.6 is 0 Å². The van der Waals surface area contributed by atoms with Crippen LogP contribution < -0.4 is 10.0 Å². The minimum atomic E-state index is -3.80. The summed E-state index contributed by atoms with van der Waals surface area (Å²) >= 11 is 0. The van der Waals surface area contributed by atoms with E-state index in [1.54, 1.807) is 6.07 Å². The second-order valence-electron chi connectivity index (χ2n) is 10.0. The van der Waals surface area contributed by atoms with Crippen molar-refractivity contribution in [3.8, 4) is 0 Å². The van der Waals surface area contributed by atoms with Crippen molar-refractivity contribution in [3.05, 3.63) is 89.5 Å². The maximum Gasteiger partial charge on any atom is 0.261 e. The molecule has 3 aromatic carbocycles. The summed E-state index contributed by atoms with van der Waals surface area (Å²) in [5.74, 6) is -0.706. The van der Waals surface area contributed by atoms with Gasteiger partial charge in [0.2, 0.25) is 15.9 Å². The van der Waals surface area contributed by atoms with Crippen molar-refractivity contribution < 1.29 is 21.6 Å². The number of hydrogen-bond donors (Lipinski definition) is 2. The van der Waals surface area contributed by atoms with Crippen LogP contribution in [0.4, 0.5) is 11.4 Å². The summed E-state index contributed by atoms with van der Waals surface area (Å²) in [6.07, 6.45) is 2.41. The molecule has 1 atom stereocenters. The number of carbonyl (C=O) groups excluding carboxylic acids is 1. The lowest BCUT2D eigenvalue weighted by atomic mass is 9.99. The fourth-order valence-electron chi connectivity index (χ4n) is 4.74. The molecule has 0 bridgehead atoms. The molecule has 0 unspecified atom stereocenters. The molecule has 0 aromatic heterocycles. The Morgan fingerprint density at radius 3 is 2.36 bits per heavy atom. The maximum atomic E-state index is 13.0. The summed E-state index contributed by atoms with van der Waals surface area (Å²) in [5.41, 5.74) is 3.92. The van der Waals surface area contributed by atoms with Gasteiger partial charge in [-0.15, -0.1) is 0 Å². The lowest BCUT2D eigenvalue weighted by molar-refractivity contribution is -0.120. The van der Waals surface area contributed by atoms with Crippen LogP contribution in [0.2, 0.25) is 0 Å². The van der Waals surface area contributed by atoms with Crippen LogP contribution in [0.3, 0.4) is 0 Å². The zero-order chi connectivity index (χ0) is 28.0. The third-order valence-corrected chi connectivity index (χ3v) is 10.2. The Bertz CT molecular complexity index is 1510. The van der Waals surface area contributed by atoms with Crippen molar-refractivity contribution >= 4 is 37.3 Å². The average molecular weight is 570 g/mol. The van der Waals surface area contributed by atoms with E-state index < -0.39 is 26.0 Å². The van der Waals surface area contributed by atoms with Crippen LogP contribution in [-0.2, 0) is 31.3 Å². The van der Waals surface area contributed by atoms with E-state index in [1.165, 1.54) is 28.6 Å². The molecular formula is C29H35N3O5S2. The summed E-state index contributed by atoms with van der Waals surface area (Å²) in [4.78, 5) is 13.0. The number of nitrogens with zero attached hydrogens (tertiary/aromatic N) is 1. The minimum absolute atomic E-state index is 0.0440. The van der Waals surface area contributed by atoms with E-state index in [0.29, 0.717) is 43.6 Å². The van der Waals surface area contributed by atoms with E-state index in [-0.39, 0.29) is 23.1 Å². The monoisotopic (exact) mass is 569 g/mol. The normalized spacial score (nSPS) is 16.5. The molecule has 208 valence electrons. The fraction of sp³-hybridized carbons (Fsp3) is 0.345. The minimum Gasteiger partial charge on any atom is -0.326 e. The molecule has 1 saturated heterocycles. The van der Waals surface area contributed by atoms with Gasteiger partial charge in [-0.1, -0.05) is 48.0 Å². The van der Waals surface area contributed by atoms with E-state index in [0.717, 1.165) is 16.7 Å². The Balaban J connectivity index is 1.33. The van der Waals surface area contributed by atoms with Crippen LogP contribution in [0.5, 0.6) is 0 Å². The zero-order valence-electron chi connectivity index (χ0n) is 22.3. The topological polar surface area (TPSA) is 113 Å². The Labute approximate surface area is 231 Å². The fourth-order valence-corrected chi connectivity index (χ4v) is 7.45. The standard InChI is InChI=1S/C29H35N3O5S2/c1-22-12-17-28(23(2)20-22)31-39(36,37)27-15-13-26(14-16-27)30-29(33)25-11-6-18-32(21-25)38(34,35)19-7-10-24-8-4-3-5-9-24/h3-5,8-9,12-17,20,25,31H,6-7,10-11,18-19,21H2,1-2H3,(H,30,33)/t25-/m1/s1. The first-order valence-corrected chi connectivity index (χ1v) is 16.2. The van der Waals surface area contributed by atoms with Gasteiger partial charge in [0.25, 0.3) is 10.0 Å². The van der Waals surface area contributed by atoms with Gasteiger partial charge in [-0.3, -0.25) is 9.52 Å². The summed E-state index contributed by atoms with van der Waals surface area (Å²) in [6.45, 7) is 4.34. The summed E-state index contributed by atoms with van der Waals surface area (Å²) < 4.78 is 55.6. The smallest absolute Gasteiger partial charge is 0.261 e. The number of aryl methyl sites for hydroxylation is 3. The molecule has 1 heterocycles. The number of hydrogen-bond acceptors (Lipinski definition) is 5. The van der Waals surface area contributed by atoms with Gasteiger partial charge in [-0.05, 0) is 81.0 Å². The second-order valence-corrected chi connectivity index (χ2v) is 13.8. The summed E-state index contributed by atoms with van der Waals surface area (Å²) in [6, 6.07) is 21.2. The number of sulfonamides is 2. The van der Waals surface area contributed by atoms with Crippen molar-refractivity contribution in [1.82, 2.24) is 4.31 Å². The molecule has 1 aliphatic rings. The van der Waals surface area contributed by atoms with Crippen LogP contribution in [0.15, 0.2) is 77.7 Å². The Kier molecular flexibility index (Phi) is 9.09. The molecule has 1 amide bonds. The molecule has 8 nitrogen and oxygen atoms in total. The van der Waals surface area contributed by atoms with Gasteiger partial charge in [-0.2, -0.15) is 0 Å². The van der Waals surface area contributed by atoms with Gasteiger partial charge in [-0.25, -0.2) is 21.1 Å². The van der Waals surface area contributed by atoms with E-state index in [2.05, 4.69) is 10.0 Å². The van der Waals surface area contributed by atoms with Gasteiger partial charge in [0, 0.05) is 18.8 Å². The molecule has 10 heteroatoms. The predicted molar refractivity (Wildman–Crippen MR) is 155 cm³/mol. The lowest BCUT2D eigenvalue weighted by Crippen LogP contribution is -2.44. The van der Waals surface area contributed by atoms with Crippen LogP contribution in [0.1, 0.15) is 36.0 Å². The average Bonchev–Trinajstić information content (AvgIpc) is 2.91. The van der Waals surface area contributed by atoms with Crippen LogP contribution in [0.25, 0.3) is 0 Å². The molecule has 0 aliphatic carbocycles. The number of nitrogens with one attached hydrogen (secondary N) is 2. The molecule has 2 N–H and O–H groups in total. The van der Waals surface area contributed by atoms with Gasteiger partial charge >= 0.3 is 0 Å². The molecule has 0 spiro atoms. The highest BCUT2D eigenvalue weighted by atomic mass is 32.2. The number of rotatable bonds is 10. The third kappa shape index (κ3) is 7.68. The van der Waals surface area contributed by atoms with Crippen LogP contribution in [-0.4, -0.2) is 45.9 Å². The first-order valence-electron chi connectivity index (χ1n) is 13.1. The van der Waals surface area contributed by atoms with Crippen molar-refractivity contribution in [1.29, 1.82) is 0 Å². The maximum absolute atomic E-state index is 13.0. The first kappa shape index (κ1) is 28.8. The molecule has 39 heavy (non-hydrogen) atoms. The third-order valence-electron chi connectivity index (χ3n) is 6.92. The van der Waals surface area contributed by atoms with E-state index in [9.17, 15) is 21.6 Å². The Hall–Kier alpha value is -3.21. The van der Waals surface area contributed by atoms with Gasteiger partial charge in [0.1, 0.15) is 0 Å². The molecule has 1 fully saturated rings. The number of anilines is 2. The number of benzene rings is 3. The van der Waals surface area contributed by atoms with E-state index in [4.69, 9.17) is 0 Å². The van der Waals surface area contributed by atoms with E-state index in [1.807, 2.05) is 56.3 Å². The van der Waals surface area contributed by atoms with Crippen molar-refractivity contribution in [2.24, 2.45) is 5.92 Å². The van der Waals surface area contributed by atoms with Crippen LogP contribution in [0, 0.1) is 19.8 Å². The first-order chi connectivity index (χ1) is 18.5.